The van der Waals surface area contributed by atoms with Crippen LogP contribution in [0.25, 0.3) is 0 Å². The summed E-state index contributed by atoms with van der Waals surface area (Å²) in [5, 5.41) is 3.19. The van der Waals surface area contributed by atoms with E-state index in [1.807, 2.05) is 24.3 Å². The Labute approximate surface area is 176 Å². The van der Waals surface area contributed by atoms with Crippen molar-refractivity contribution < 1.29 is 14.3 Å². The van der Waals surface area contributed by atoms with Gasteiger partial charge in [0.15, 0.2) is 0 Å². The molecule has 1 atom stereocenters. The minimum absolute atomic E-state index is 0.00920. The number of likely N-dealkylation sites (tertiary alicyclic amines) is 1. The second-order valence-electron chi connectivity index (χ2n) is 8.00. The zero-order valence-electron chi connectivity index (χ0n) is 17.1. The fraction of sp³-hybridized carbons (Fsp3) is 0.391. The van der Waals surface area contributed by atoms with Gasteiger partial charge < -0.3 is 15.0 Å². The summed E-state index contributed by atoms with van der Waals surface area (Å²) in [6.07, 6.45) is 12.3. The number of methoxy groups -OCH3 is 1. The highest BCUT2D eigenvalue weighted by atomic mass is 16.5. The predicted octanol–water partition coefficient (Wildman–Crippen LogP) is 2.40. The number of carbonyl (C=O) groups excluding carboxylic acids is 2. The number of nitrogens with one attached hydrogen (secondary N) is 1. The molecular formula is C23H26N4O3. The molecule has 7 heteroatoms. The van der Waals surface area contributed by atoms with Gasteiger partial charge in [-0.3, -0.25) is 14.6 Å². The van der Waals surface area contributed by atoms with E-state index in [1.165, 1.54) is 18.6 Å². The van der Waals surface area contributed by atoms with Crippen LogP contribution in [0.5, 0.6) is 5.75 Å². The molecule has 2 heterocycles. The first-order valence-corrected chi connectivity index (χ1v) is 10.3. The maximum absolute atomic E-state index is 13.3. The van der Waals surface area contributed by atoms with Gasteiger partial charge in [0, 0.05) is 31.5 Å². The zero-order valence-corrected chi connectivity index (χ0v) is 17.1. The molecule has 1 aromatic carbocycles. The first-order chi connectivity index (χ1) is 14.6. The predicted molar refractivity (Wildman–Crippen MR) is 112 cm³/mol. The van der Waals surface area contributed by atoms with E-state index in [2.05, 4.69) is 27.4 Å². The molecule has 0 radical (unpaired) electrons. The molecule has 4 rings (SSSR count). The monoisotopic (exact) mass is 406 g/mol. The van der Waals surface area contributed by atoms with Crippen LogP contribution in [0.3, 0.4) is 0 Å². The Bertz CT molecular complexity index is 938. The minimum Gasteiger partial charge on any atom is -0.497 e. The van der Waals surface area contributed by atoms with Gasteiger partial charge in [-0.05, 0) is 43.4 Å². The summed E-state index contributed by atoms with van der Waals surface area (Å²) in [4.78, 5) is 35.8. The lowest BCUT2D eigenvalue weighted by atomic mass is 9.73. The highest BCUT2D eigenvalue weighted by Gasteiger charge is 2.51. The van der Waals surface area contributed by atoms with E-state index in [1.54, 1.807) is 12.0 Å². The summed E-state index contributed by atoms with van der Waals surface area (Å²) in [5.74, 6) is 0.546. The van der Waals surface area contributed by atoms with Gasteiger partial charge in [-0.25, -0.2) is 4.98 Å². The van der Waals surface area contributed by atoms with Crippen molar-refractivity contribution in [2.45, 2.75) is 31.7 Å². The van der Waals surface area contributed by atoms with Gasteiger partial charge in [0.1, 0.15) is 11.4 Å². The molecule has 2 amide bonds. The van der Waals surface area contributed by atoms with Gasteiger partial charge in [-0.1, -0.05) is 24.3 Å². The SMILES string of the molecule is COc1cccc(CC2(C(=O)NC3C=CCCC3)CN(C(=O)c3cnccn3)C2)c1. The topological polar surface area (TPSA) is 84.4 Å². The number of amides is 2. The maximum atomic E-state index is 13.3. The number of nitrogens with zero attached hydrogens (tertiary/aromatic N) is 3. The lowest BCUT2D eigenvalue weighted by molar-refractivity contribution is -0.139. The number of aromatic nitrogens is 2. The van der Waals surface area contributed by atoms with Crippen molar-refractivity contribution in [3.05, 3.63) is 66.3 Å². The lowest BCUT2D eigenvalue weighted by Crippen LogP contribution is -2.66. The van der Waals surface area contributed by atoms with E-state index < -0.39 is 5.41 Å². The largest absolute Gasteiger partial charge is 0.497 e. The number of rotatable bonds is 6. The van der Waals surface area contributed by atoms with Crippen molar-refractivity contribution in [2.24, 2.45) is 5.41 Å². The summed E-state index contributed by atoms with van der Waals surface area (Å²) in [6.45, 7) is 0.698. The van der Waals surface area contributed by atoms with Crippen LogP contribution in [-0.2, 0) is 11.2 Å². The van der Waals surface area contributed by atoms with Crippen LogP contribution < -0.4 is 10.1 Å². The average molecular weight is 406 g/mol. The summed E-state index contributed by atoms with van der Waals surface area (Å²) in [7, 11) is 1.63. The first-order valence-electron chi connectivity index (χ1n) is 10.3. The minimum atomic E-state index is -0.671. The Morgan fingerprint density at radius 1 is 1.30 bits per heavy atom. The molecule has 1 aliphatic heterocycles. The standard InChI is InChI=1S/C23H26N4O3/c1-30-19-9-5-6-17(12-19)13-23(22(29)26-18-7-3-2-4-8-18)15-27(16-23)21(28)20-14-24-10-11-25-20/h3,5-7,9-12,14,18H,2,4,8,13,15-16H2,1H3,(H,26,29). The van der Waals surface area contributed by atoms with Crippen molar-refractivity contribution >= 4 is 11.8 Å². The van der Waals surface area contributed by atoms with Gasteiger partial charge in [-0.2, -0.15) is 0 Å². The number of hydrogen-bond donors (Lipinski definition) is 1. The number of allylic oxidation sites excluding steroid dienone is 1. The van der Waals surface area contributed by atoms with Crippen LogP contribution >= 0.6 is 0 Å². The summed E-state index contributed by atoms with van der Waals surface area (Å²) >= 11 is 0. The quantitative estimate of drug-likeness (QED) is 0.745. The van der Waals surface area contributed by atoms with Crippen molar-refractivity contribution in [2.75, 3.05) is 20.2 Å². The highest BCUT2D eigenvalue weighted by Crippen LogP contribution is 2.36. The van der Waals surface area contributed by atoms with Crippen LogP contribution in [0, 0.1) is 5.41 Å². The van der Waals surface area contributed by atoms with E-state index in [-0.39, 0.29) is 17.9 Å². The second kappa shape index (κ2) is 8.65. The van der Waals surface area contributed by atoms with Crippen LogP contribution in [0.1, 0.15) is 35.3 Å². The Hall–Kier alpha value is -3.22. The van der Waals surface area contributed by atoms with Gasteiger partial charge in [0.25, 0.3) is 5.91 Å². The molecule has 156 valence electrons. The first kappa shape index (κ1) is 20.1. The molecular weight excluding hydrogens is 380 g/mol. The molecule has 1 aliphatic carbocycles. The summed E-state index contributed by atoms with van der Waals surface area (Å²) < 4.78 is 5.33. The Kier molecular flexibility index (Phi) is 5.79. The second-order valence-corrected chi connectivity index (χ2v) is 8.00. The third-order valence-electron chi connectivity index (χ3n) is 5.79. The molecule has 0 spiro atoms. The highest BCUT2D eigenvalue weighted by molar-refractivity contribution is 5.95. The van der Waals surface area contributed by atoms with E-state index in [9.17, 15) is 9.59 Å². The fourth-order valence-corrected chi connectivity index (χ4v) is 4.16. The number of ether oxygens (including phenoxy) is 1. The fourth-order valence-electron chi connectivity index (χ4n) is 4.16. The van der Waals surface area contributed by atoms with Gasteiger partial charge in [-0.15, -0.1) is 0 Å². The third kappa shape index (κ3) is 4.20. The summed E-state index contributed by atoms with van der Waals surface area (Å²) in [5.41, 5.74) is 0.633. The molecule has 2 aliphatic rings. The molecule has 1 fully saturated rings. The van der Waals surface area contributed by atoms with Crippen LogP contribution in [0.4, 0.5) is 0 Å². The van der Waals surface area contributed by atoms with Gasteiger partial charge in [0.2, 0.25) is 5.91 Å². The Morgan fingerprint density at radius 3 is 2.87 bits per heavy atom. The molecule has 7 nitrogen and oxygen atoms in total. The zero-order chi connectivity index (χ0) is 21.0. The Balaban J connectivity index is 1.53. The molecule has 1 aromatic heterocycles. The number of hydrogen-bond acceptors (Lipinski definition) is 5. The average Bonchev–Trinajstić information content (AvgIpc) is 2.77. The van der Waals surface area contributed by atoms with Gasteiger partial charge in [0.05, 0.1) is 18.7 Å². The van der Waals surface area contributed by atoms with Crippen LogP contribution in [-0.4, -0.2) is 52.9 Å². The van der Waals surface area contributed by atoms with Crippen LogP contribution in [0.2, 0.25) is 0 Å². The van der Waals surface area contributed by atoms with Gasteiger partial charge >= 0.3 is 0 Å². The number of carbonyl (C=O) groups is 2. The smallest absolute Gasteiger partial charge is 0.274 e. The van der Waals surface area contributed by atoms with E-state index in [4.69, 9.17) is 4.74 Å². The van der Waals surface area contributed by atoms with Crippen molar-refractivity contribution in [1.29, 1.82) is 0 Å². The lowest BCUT2D eigenvalue weighted by Gasteiger charge is -2.49. The van der Waals surface area contributed by atoms with Crippen molar-refractivity contribution in [3.63, 3.8) is 0 Å². The molecule has 0 saturated carbocycles. The van der Waals surface area contributed by atoms with E-state index >= 15 is 0 Å². The number of benzene rings is 1. The molecule has 30 heavy (non-hydrogen) atoms. The molecule has 2 aromatic rings. The normalized spacial score (nSPS) is 19.6. The molecule has 0 bridgehead atoms. The van der Waals surface area contributed by atoms with E-state index in [0.29, 0.717) is 25.2 Å². The van der Waals surface area contributed by atoms with E-state index in [0.717, 1.165) is 30.6 Å². The summed E-state index contributed by atoms with van der Waals surface area (Å²) in [6, 6.07) is 7.80. The molecule has 1 saturated heterocycles. The van der Waals surface area contributed by atoms with Crippen LogP contribution in [0.15, 0.2) is 55.0 Å². The Morgan fingerprint density at radius 2 is 2.17 bits per heavy atom. The molecule has 1 N–H and O–H groups in total. The molecule has 1 unspecified atom stereocenters. The van der Waals surface area contributed by atoms with Crippen molar-refractivity contribution in [3.8, 4) is 5.75 Å². The maximum Gasteiger partial charge on any atom is 0.274 e. The van der Waals surface area contributed by atoms with Crippen molar-refractivity contribution in [1.82, 2.24) is 20.2 Å². The third-order valence-corrected chi connectivity index (χ3v) is 5.79.